The van der Waals surface area contributed by atoms with Gasteiger partial charge in [0.05, 0.1) is 0 Å². The molecule has 0 aliphatic carbocycles. The van der Waals surface area contributed by atoms with Crippen LogP contribution in [0.1, 0.15) is 24.3 Å². The van der Waals surface area contributed by atoms with Crippen LogP contribution >= 0.6 is 0 Å². The van der Waals surface area contributed by atoms with E-state index in [1.165, 1.54) is 17.2 Å². The van der Waals surface area contributed by atoms with Gasteiger partial charge in [0.1, 0.15) is 5.75 Å². The second-order valence-electron chi connectivity index (χ2n) is 3.38. The number of carbonyl (C=O) groups is 1. The van der Waals surface area contributed by atoms with E-state index in [2.05, 4.69) is 4.98 Å². The summed E-state index contributed by atoms with van der Waals surface area (Å²) in [6, 6.07) is 3.12. The third-order valence-electron chi connectivity index (χ3n) is 2.08. The topological polar surface area (TPSA) is 53.4 Å². The van der Waals surface area contributed by atoms with Crippen molar-refractivity contribution in [1.82, 2.24) is 9.88 Å². The summed E-state index contributed by atoms with van der Waals surface area (Å²) in [5.41, 5.74) is 0.101. The second kappa shape index (κ2) is 4.09. The van der Waals surface area contributed by atoms with Crippen LogP contribution in [0.2, 0.25) is 0 Å². The van der Waals surface area contributed by atoms with Gasteiger partial charge in [-0.15, -0.1) is 0 Å². The molecule has 1 aromatic heterocycles. The third kappa shape index (κ3) is 2.02. The zero-order valence-electron chi connectivity index (χ0n) is 8.56. The Morgan fingerprint density at radius 1 is 1.57 bits per heavy atom. The highest BCUT2D eigenvalue weighted by Crippen LogP contribution is 2.15. The molecule has 0 aromatic carbocycles. The molecule has 1 amide bonds. The van der Waals surface area contributed by atoms with Gasteiger partial charge in [0.2, 0.25) is 0 Å². The molecular weight excluding hydrogens is 180 g/mol. The molecule has 76 valence electrons. The first-order valence-electron chi connectivity index (χ1n) is 4.45. The summed E-state index contributed by atoms with van der Waals surface area (Å²) >= 11 is 0. The van der Waals surface area contributed by atoms with Crippen LogP contribution in [0.5, 0.6) is 5.75 Å². The summed E-state index contributed by atoms with van der Waals surface area (Å²) in [7, 11) is 1.68. The van der Waals surface area contributed by atoms with Gasteiger partial charge >= 0.3 is 0 Å². The number of pyridine rings is 1. The van der Waals surface area contributed by atoms with Crippen molar-refractivity contribution in [2.45, 2.75) is 19.9 Å². The van der Waals surface area contributed by atoms with Crippen LogP contribution in [0.3, 0.4) is 0 Å². The van der Waals surface area contributed by atoms with Crippen molar-refractivity contribution in [2.75, 3.05) is 7.05 Å². The number of hydrogen-bond donors (Lipinski definition) is 1. The summed E-state index contributed by atoms with van der Waals surface area (Å²) in [6.45, 7) is 3.80. The Morgan fingerprint density at radius 2 is 2.21 bits per heavy atom. The van der Waals surface area contributed by atoms with E-state index >= 15 is 0 Å². The Morgan fingerprint density at radius 3 is 2.71 bits per heavy atom. The number of aromatic hydroxyl groups is 1. The van der Waals surface area contributed by atoms with Crippen molar-refractivity contribution in [3.63, 3.8) is 0 Å². The lowest BCUT2D eigenvalue weighted by molar-refractivity contribution is 0.0745. The van der Waals surface area contributed by atoms with Gasteiger partial charge < -0.3 is 10.0 Å². The first-order valence-corrected chi connectivity index (χ1v) is 4.45. The van der Waals surface area contributed by atoms with Gasteiger partial charge in [0.15, 0.2) is 5.69 Å². The number of hydrogen-bond acceptors (Lipinski definition) is 3. The van der Waals surface area contributed by atoms with Crippen molar-refractivity contribution in [3.05, 3.63) is 24.0 Å². The molecule has 0 saturated heterocycles. The molecule has 0 aliphatic heterocycles. The van der Waals surface area contributed by atoms with E-state index in [1.807, 2.05) is 13.8 Å². The molecule has 1 heterocycles. The van der Waals surface area contributed by atoms with Gasteiger partial charge in [-0.05, 0) is 26.0 Å². The van der Waals surface area contributed by atoms with Crippen LogP contribution in [-0.4, -0.2) is 34.0 Å². The Hall–Kier alpha value is -1.58. The molecule has 1 N–H and O–H groups in total. The van der Waals surface area contributed by atoms with Gasteiger partial charge in [-0.25, -0.2) is 4.98 Å². The second-order valence-corrected chi connectivity index (χ2v) is 3.38. The quantitative estimate of drug-likeness (QED) is 0.771. The Labute approximate surface area is 83.2 Å². The molecule has 4 nitrogen and oxygen atoms in total. The van der Waals surface area contributed by atoms with E-state index in [4.69, 9.17) is 0 Å². The molecule has 0 radical (unpaired) electrons. The average molecular weight is 194 g/mol. The normalized spacial score (nSPS) is 10.3. The van der Waals surface area contributed by atoms with Gasteiger partial charge in [0, 0.05) is 19.3 Å². The largest absolute Gasteiger partial charge is 0.505 e. The Balaban J connectivity index is 2.95. The minimum Gasteiger partial charge on any atom is -0.505 e. The molecule has 1 rings (SSSR count). The maximum Gasteiger partial charge on any atom is 0.276 e. The van der Waals surface area contributed by atoms with Gasteiger partial charge in [-0.2, -0.15) is 0 Å². The number of amides is 1. The molecule has 0 fully saturated rings. The average Bonchev–Trinajstić information content (AvgIpc) is 2.16. The van der Waals surface area contributed by atoms with E-state index in [1.54, 1.807) is 13.1 Å². The summed E-state index contributed by atoms with van der Waals surface area (Å²) in [6.07, 6.45) is 1.49. The molecule has 14 heavy (non-hydrogen) atoms. The molecule has 0 unspecified atom stereocenters. The maximum atomic E-state index is 11.7. The molecule has 4 heteroatoms. The van der Waals surface area contributed by atoms with Crippen LogP contribution < -0.4 is 0 Å². The zero-order valence-corrected chi connectivity index (χ0v) is 8.56. The van der Waals surface area contributed by atoms with Gasteiger partial charge in [-0.3, -0.25) is 4.79 Å². The highest BCUT2D eigenvalue weighted by atomic mass is 16.3. The van der Waals surface area contributed by atoms with E-state index in [9.17, 15) is 9.90 Å². The predicted molar refractivity (Wildman–Crippen MR) is 53.1 cm³/mol. The Bertz CT molecular complexity index is 337. The summed E-state index contributed by atoms with van der Waals surface area (Å²) in [5.74, 6) is -0.344. The van der Waals surface area contributed by atoms with Gasteiger partial charge in [-0.1, -0.05) is 0 Å². The number of rotatable bonds is 2. The van der Waals surface area contributed by atoms with E-state index in [-0.39, 0.29) is 23.4 Å². The van der Waals surface area contributed by atoms with Crippen molar-refractivity contribution in [2.24, 2.45) is 0 Å². The smallest absolute Gasteiger partial charge is 0.276 e. The van der Waals surface area contributed by atoms with Crippen LogP contribution in [0.4, 0.5) is 0 Å². The van der Waals surface area contributed by atoms with Gasteiger partial charge in [0.25, 0.3) is 5.91 Å². The number of carbonyl (C=O) groups excluding carboxylic acids is 1. The molecular formula is C10H14N2O2. The van der Waals surface area contributed by atoms with E-state index in [0.717, 1.165) is 0 Å². The van der Waals surface area contributed by atoms with Crippen LogP contribution in [0.25, 0.3) is 0 Å². The fourth-order valence-electron chi connectivity index (χ4n) is 0.963. The monoisotopic (exact) mass is 194 g/mol. The van der Waals surface area contributed by atoms with Crippen LogP contribution in [0.15, 0.2) is 18.3 Å². The lowest BCUT2D eigenvalue weighted by atomic mass is 10.2. The van der Waals surface area contributed by atoms with E-state index in [0.29, 0.717) is 0 Å². The molecule has 0 saturated carbocycles. The van der Waals surface area contributed by atoms with Crippen molar-refractivity contribution in [3.8, 4) is 5.75 Å². The molecule has 1 aromatic rings. The fourth-order valence-corrected chi connectivity index (χ4v) is 0.963. The number of aromatic nitrogens is 1. The zero-order chi connectivity index (χ0) is 10.7. The summed E-state index contributed by atoms with van der Waals surface area (Å²) in [4.78, 5) is 17.1. The summed E-state index contributed by atoms with van der Waals surface area (Å²) < 4.78 is 0. The SMILES string of the molecule is CC(C)N(C)C(=O)c1ncccc1O. The molecule has 0 bridgehead atoms. The summed E-state index contributed by atoms with van der Waals surface area (Å²) in [5, 5.41) is 9.40. The third-order valence-corrected chi connectivity index (χ3v) is 2.08. The number of nitrogens with zero attached hydrogens (tertiary/aromatic N) is 2. The lowest BCUT2D eigenvalue weighted by Crippen LogP contribution is -2.33. The van der Waals surface area contributed by atoms with Crippen molar-refractivity contribution < 1.29 is 9.90 Å². The van der Waals surface area contributed by atoms with E-state index < -0.39 is 0 Å². The van der Waals surface area contributed by atoms with Crippen LogP contribution in [-0.2, 0) is 0 Å². The lowest BCUT2D eigenvalue weighted by Gasteiger charge is -2.20. The highest BCUT2D eigenvalue weighted by Gasteiger charge is 2.18. The minimum absolute atomic E-state index is 0.0787. The van der Waals surface area contributed by atoms with Crippen molar-refractivity contribution in [1.29, 1.82) is 0 Å². The first-order chi connectivity index (χ1) is 6.54. The minimum atomic E-state index is -0.266. The predicted octanol–water partition coefficient (Wildman–Crippen LogP) is 1.27. The van der Waals surface area contributed by atoms with Crippen molar-refractivity contribution >= 4 is 5.91 Å². The first kappa shape index (κ1) is 10.5. The molecule has 0 aliphatic rings. The highest BCUT2D eigenvalue weighted by molar-refractivity contribution is 5.94. The molecule has 0 atom stereocenters. The Kier molecular flexibility index (Phi) is 3.06. The standard InChI is InChI=1S/C10H14N2O2/c1-7(2)12(3)10(14)9-8(13)5-4-6-11-9/h4-7,13H,1-3H3. The fraction of sp³-hybridized carbons (Fsp3) is 0.400. The van der Waals surface area contributed by atoms with Crippen LogP contribution in [0, 0.1) is 0 Å². The maximum absolute atomic E-state index is 11.7. The molecule has 0 spiro atoms.